The molecule has 1 N–H and O–H groups in total. The van der Waals surface area contributed by atoms with Crippen LogP contribution in [0.3, 0.4) is 0 Å². The summed E-state index contributed by atoms with van der Waals surface area (Å²) in [5.41, 5.74) is 0. The number of aliphatic hydroxyl groups is 1. The summed E-state index contributed by atoms with van der Waals surface area (Å²) < 4.78 is 21.8. The average molecular weight is 165 g/mol. The van der Waals surface area contributed by atoms with Crippen LogP contribution in [0.2, 0.25) is 0 Å². The van der Waals surface area contributed by atoms with Gasteiger partial charge in [-0.15, -0.1) is 0 Å². The molecule has 0 aromatic rings. The minimum absolute atomic E-state index is 0.105. The first-order valence-electron chi connectivity index (χ1n) is 3.18. The molecule has 0 atom stereocenters. The van der Waals surface area contributed by atoms with Gasteiger partial charge in [0.2, 0.25) is 0 Å². The Balaban J connectivity index is 3.90. The molecular formula is C6H13O3S. The highest BCUT2D eigenvalue weighted by Gasteiger charge is 2.14. The summed E-state index contributed by atoms with van der Waals surface area (Å²) in [5, 5.41) is 7.94. The van der Waals surface area contributed by atoms with E-state index in [1.54, 1.807) is 13.8 Å². The second-order valence-corrected chi connectivity index (χ2v) is 4.77. The predicted molar refractivity (Wildman–Crippen MR) is 40.1 cm³/mol. The van der Waals surface area contributed by atoms with Gasteiger partial charge in [0.25, 0.3) is 0 Å². The highest BCUT2D eigenvalue weighted by molar-refractivity contribution is 7.93. The molecule has 0 rings (SSSR count). The van der Waals surface area contributed by atoms with Crippen molar-refractivity contribution in [1.29, 1.82) is 0 Å². The molecule has 0 unspecified atom stereocenters. The molecule has 0 spiro atoms. The van der Waals surface area contributed by atoms with Crippen LogP contribution in [0, 0.1) is 5.75 Å². The van der Waals surface area contributed by atoms with Crippen molar-refractivity contribution >= 4 is 9.84 Å². The number of aliphatic hydroxyl groups excluding tert-OH is 1. The lowest BCUT2D eigenvalue weighted by Crippen LogP contribution is -2.14. The van der Waals surface area contributed by atoms with E-state index in [2.05, 4.69) is 0 Å². The van der Waals surface area contributed by atoms with Crippen LogP contribution in [0.1, 0.15) is 20.3 Å². The molecule has 0 amide bonds. The fraction of sp³-hybridized carbons (Fsp3) is 0.833. The Bertz CT molecular complexity index is 169. The topological polar surface area (TPSA) is 54.4 Å². The van der Waals surface area contributed by atoms with E-state index in [0.29, 0.717) is 0 Å². The van der Waals surface area contributed by atoms with Gasteiger partial charge in [-0.1, -0.05) is 0 Å². The van der Waals surface area contributed by atoms with Crippen LogP contribution in [0.15, 0.2) is 0 Å². The standard InChI is InChI=1S/C6H13O3S/c1-6(2)10(8,9)5-3-4-7/h5-7H,3-4H2,1-2H3. The van der Waals surface area contributed by atoms with Crippen molar-refractivity contribution in [3.05, 3.63) is 5.75 Å². The minimum atomic E-state index is -3.05. The van der Waals surface area contributed by atoms with E-state index >= 15 is 0 Å². The summed E-state index contributed by atoms with van der Waals surface area (Å²) in [6.07, 6.45) is 0.223. The maximum Gasteiger partial charge on any atom is 0.156 e. The fourth-order valence-electron chi connectivity index (χ4n) is 0.409. The van der Waals surface area contributed by atoms with E-state index < -0.39 is 9.84 Å². The zero-order chi connectivity index (χ0) is 8.20. The molecule has 0 heterocycles. The molecule has 0 aliphatic carbocycles. The maximum absolute atomic E-state index is 10.9. The van der Waals surface area contributed by atoms with Crippen LogP contribution < -0.4 is 0 Å². The zero-order valence-corrected chi connectivity index (χ0v) is 7.06. The monoisotopic (exact) mass is 165 g/mol. The van der Waals surface area contributed by atoms with Crippen molar-refractivity contribution in [1.82, 2.24) is 0 Å². The first-order chi connectivity index (χ1) is 4.50. The lowest BCUT2D eigenvalue weighted by molar-refractivity contribution is 0.300. The molecule has 61 valence electrons. The molecule has 4 heteroatoms. The Labute approximate surface area is 62.0 Å². The second kappa shape index (κ2) is 3.93. The average Bonchev–Trinajstić information content (AvgIpc) is 1.84. The van der Waals surface area contributed by atoms with Crippen molar-refractivity contribution in [2.75, 3.05) is 6.61 Å². The molecular weight excluding hydrogens is 152 g/mol. The van der Waals surface area contributed by atoms with E-state index in [1.165, 1.54) is 0 Å². The summed E-state index contributed by atoms with van der Waals surface area (Å²) >= 11 is 0. The fourth-order valence-corrected chi connectivity index (χ4v) is 1.23. The Kier molecular flexibility index (Phi) is 3.89. The molecule has 1 radical (unpaired) electrons. The van der Waals surface area contributed by atoms with Gasteiger partial charge in [-0.3, -0.25) is 0 Å². The van der Waals surface area contributed by atoms with Crippen molar-refractivity contribution in [3.63, 3.8) is 0 Å². The highest BCUT2D eigenvalue weighted by atomic mass is 32.2. The van der Waals surface area contributed by atoms with Gasteiger partial charge in [-0.05, 0) is 20.3 Å². The molecule has 0 aromatic heterocycles. The minimum Gasteiger partial charge on any atom is -0.396 e. The summed E-state index contributed by atoms with van der Waals surface area (Å²) in [5.74, 6) is 1.16. The Hall–Kier alpha value is -0.0900. The Morgan fingerprint density at radius 1 is 1.50 bits per heavy atom. The molecule has 0 fully saturated rings. The van der Waals surface area contributed by atoms with Crippen molar-refractivity contribution < 1.29 is 13.5 Å². The summed E-state index contributed by atoms with van der Waals surface area (Å²) in [7, 11) is -3.05. The van der Waals surface area contributed by atoms with E-state index in [-0.39, 0.29) is 18.3 Å². The molecule has 10 heavy (non-hydrogen) atoms. The van der Waals surface area contributed by atoms with Crippen LogP contribution in [-0.2, 0) is 9.84 Å². The van der Waals surface area contributed by atoms with Crippen molar-refractivity contribution in [2.24, 2.45) is 0 Å². The van der Waals surface area contributed by atoms with E-state index in [4.69, 9.17) is 5.11 Å². The van der Waals surface area contributed by atoms with Crippen LogP contribution in [0.4, 0.5) is 0 Å². The number of hydrogen-bond donors (Lipinski definition) is 1. The quantitative estimate of drug-likeness (QED) is 0.654. The van der Waals surface area contributed by atoms with E-state index in [0.717, 1.165) is 5.75 Å². The summed E-state index contributed by atoms with van der Waals surface area (Å²) in [4.78, 5) is 0. The smallest absolute Gasteiger partial charge is 0.156 e. The predicted octanol–water partition coefficient (Wildman–Crippen LogP) is 0.354. The van der Waals surface area contributed by atoms with E-state index in [1.807, 2.05) is 0 Å². The van der Waals surface area contributed by atoms with Gasteiger partial charge < -0.3 is 5.11 Å². The van der Waals surface area contributed by atoms with Crippen LogP contribution in [0.5, 0.6) is 0 Å². The van der Waals surface area contributed by atoms with Crippen LogP contribution >= 0.6 is 0 Å². The van der Waals surface area contributed by atoms with Gasteiger partial charge in [-0.25, -0.2) is 8.42 Å². The third kappa shape index (κ3) is 3.17. The molecule has 3 nitrogen and oxygen atoms in total. The van der Waals surface area contributed by atoms with Gasteiger partial charge in [0.05, 0.1) is 11.0 Å². The zero-order valence-electron chi connectivity index (χ0n) is 6.24. The second-order valence-electron chi connectivity index (χ2n) is 2.32. The molecule has 0 saturated carbocycles. The first-order valence-corrected chi connectivity index (χ1v) is 4.79. The molecule has 0 aliphatic rings. The number of rotatable bonds is 4. The number of sulfone groups is 1. The van der Waals surface area contributed by atoms with Crippen molar-refractivity contribution in [2.45, 2.75) is 25.5 Å². The maximum atomic E-state index is 10.9. The first kappa shape index (κ1) is 9.91. The summed E-state index contributed by atoms with van der Waals surface area (Å²) in [6.45, 7) is 3.12. The molecule has 0 aliphatic heterocycles. The third-order valence-corrected chi connectivity index (χ3v) is 3.15. The van der Waals surface area contributed by atoms with Gasteiger partial charge in [-0.2, -0.15) is 0 Å². The normalized spacial score (nSPS) is 12.4. The van der Waals surface area contributed by atoms with Gasteiger partial charge in [0.15, 0.2) is 9.84 Å². The number of hydrogen-bond acceptors (Lipinski definition) is 3. The van der Waals surface area contributed by atoms with E-state index in [9.17, 15) is 8.42 Å². The molecule has 0 aromatic carbocycles. The summed E-state index contributed by atoms with van der Waals surface area (Å²) in [6, 6.07) is 0. The largest absolute Gasteiger partial charge is 0.396 e. The lowest BCUT2D eigenvalue weighted by atomic mass is 10.5. The van der Waals surface area contributed by atoms with Gasteiger partial charge in [0, 0.05) is 6.61 Å². The highest BCUT2D eigenvalue weighted by Crippen LogP contribution is 2.06. The van der Waals surface area contributed by atoms with Gasteiger partial charge >= 0.3 is 0 Å². The van der Waals surface area contributed by atoms with Crippen LogP contribution in [0.25, 0.3) is 0 Å². The molecule has 0 bridgehead atoms. The SMILES string of the molecule is CC(C)S(=O)(=O)[CH]CCO. The lowest BCUT2D eigenvalue weighted by Gasteiger charge is -2.04. The Morgan fingerprint density at radius 3 is 2.30 bits per heavy atom. The van der Waals surface area contributed by atoms with Crippen molar-refractivity contribution in [3.8, 4) is 0 Å². The van der Waals surface area contributed by atoms with Crippen LogP contribution in [-0.4, -0.2) is 25.4 Å². The molecule has 0 saturated heterocycles. The third-order valence-electron chi connectivity index (χ3n) is 1.14. The Morgan fingerprint density at radius 2 is 2.00 bits per heavy atom. The van der Waals surface area contributed by atoms with Gasteiger partial charge in [0.1, 0.15) is 0 Å².